The van der Waals surface area contributed by atoms with Gasteiger partial charge >= 0.3 is 11.6 Å². The zero-order chi connectivity index (χ0) is 20.2. The summed E-state index contributed by atoms with van der Waals surface area (Å²) in [6, 6.07) is 19.2. The molecule has 0 saturated heterocycles. The van der Waals surface area contributed by atoms with Gasteiger partial charge in [0.25, 0.3) is 0 Å². The molecule has 0 aliphatic heterocycles. The van der Waals surface area contributed by atoms with Crippen LogP contribution in [0.25, 0.3) is 22.3 Å². The highest BCUT2D eigenvalue weighted by Gasteiger charge is 2.11. The fraction of sp³-hybridized carbons (Fsp3) is 0.130. The fourth-order valence-electron chi connectivity index (χ4n) is 3.06. The first kappa shape index (κ1) is 18.6. The van der Waals surface area contributed by atoms with Gasteiger partial charge in [-0.25, -0.2) is 4.79 Å². The molecule has 146 valence electrons. The molecule has 0 aliphatic carbocycles. The van der Waals surface area contributed by atoms with E-state index in [0.717, 1.165) is 11.3 Å². The maximum Gasteiger partial charge on any atom is 0.336 e. The van der Waals surface area contributed by atoms with E-state index in [0.29, 0.717) is 23.1 Å². The summed E-state index contributed by atoms with van der Waals surface area (Å²) >= 11 is 0. The Kier molecular flexibility index (Phi) is 5.16. The molecule has 2 heterocycles. The number of benzene rings is 2. The van der Waals surface area contributed by atoms with Gasteiger partial charge in [0.2, 0.25) is 0 Å². The third-order valence-corrected chi connectivity index (χ3v) is 4.50. The van der Waals surface area contributed by atoms with Crippen LogP contribution in [0.4, 0.5) is 0 Å². The smallest absolute Gasteiger partial charge is 0.336 e. The van der Waals surface area contributed by atoms with Gasteiger partial charge in [-0.2, -0.15) is 0 Å². The molecular formula is C23H18O6. The molecule has 6 heteroatoms. The Labute approximate surface area is 166 Å². The van der Waals surface area contributed by atoms with Crippen LogP contribution in [0, 0.1) is 0 Å². The molecule has 0 saturated carbocycles. The molecule has 0 amide bonds. The van der Waals surface area contributed by atoms with E-state index in [1.54, 1.807) is 6.07 Å². The number of carbonyl (C=O) groups excluding carboxylic acids is 1. The lowest BCUT2D eigenvalue weighted by Gasteiger charge is -2.07. The molecule has 1 N–H and O–H groups in total. The van der Waals surface area contributed by atoms with Crippen molar-refractivity contribution in [2.45, 2.75) is 19.4 Å². The molecular weight excluding hydrogens is 372 g/mol. The first-order valence-electron chi connectivity index (χ1n) is 9.14. The van der Waals surface area contributed by atoms with Crippen molar-refractivity contribution in [2.24, 2.45) is 0 Å². The minimum atomic E-state index is -0.571. The van der Waals surface area contributed by atoms with Crippen molar-refractivity contribution < 1.29 is 23.5 Å². The number of hydrogen-bond acceptors (Lipinski definition) is 6. The quantitative estimate of drug-likeness (QED) is 0.387. The van der Waals surface area contributed by atoms with E-state index in [1.165, 1.54) is 18.2 Å². The molecule has 0 atom stereocenters. The SMILES string of the molecule is O=C(CCc1ccc(-c2ccccc2)o1)OCc1cc(=O)oc2cc(O)ccc12. The second-order valence-electron chi connectivity index (χ2n) is 6.56. The average Bonchev–Trinajstić information content (AvgIpc) is 3.20. The number of hydrogen-bond donors (Lipinski definition) is 1. The number of phenols is 1. The second kappa shape index (κ2) is 8.06. The highest BCUT2D eigenvalue weighted by atomic mass is 16.5. The predicted molar refractivity (Wildman–Crippen MR) is 106 cm³/mol. The van der Waals surface area contributed by atoms with Gasteiger partial charge in [-0.15, -0.1) is 0 Å². The van der Waals surface area contributed by atoms with Crippen molar-refractivity contribution in [3.05, 3.63) is 88.5 Å². The Bertz CT molecular complexity index is 1200. The second-order valence-corrected chi connectivity index (χ2v) is 6.56. The van der Waals surface area contributed by atoms with Crippen LogP contribution in [0.2, 0.25) is 0 Å². The van der Waals surface area contributed by atoms with Crippen molar-refractivity contribution in [1.82, 2.24) is 0 Å². The number of fused-ring (bicyclic) bond motifs is 1. The van der Waals surface area contributed by atoms with E-state index in [1.807, 2.05) is 42.5 Å². The van der Waals surface area contributed by atoms with Gasteiger partial charge in [0.1, 0.15) is 29.5 Å². The van der Waals surface area contributed by atoms with Crippen LogP contribution in [0.5, 0.6) is 5.75 Å². The molecule has 2 aromatic carbocycles. The third-order valence-electron chi connectivity index (χ3n) is 4.50. The van der Waals surface area contributed by atoms with Crippen LogP contribution >= 0.6 is 0 Å². The molecule has 0 radical (unpaired) electrons. The van der Waals surface area contributed by atoms with Crippen LogP contribution in [0.3, 0.4) is 0 Å². The zero-order valence-electron chi connectivity index (χ0n) is 15.5. The van der Waals surface area contributed by atoms with E-state index in [4.69, 9.17) is 13.6 Å². The Morgan fingerprint density at radius 1 is 0.966 bits per heavy atom. The summed E-state index contributed by atoms with van der Waals surface area (Å²) in [4.78, 5) is 23.8. The molecule has 2 aromatic heterocycles. The summed E-state index contributed by atoms with van der Waals surface area (Å²) in [5.74, 6) is 1.03. The van der Waals surface area contributed by atoms with Crippen LogP contribution in [-0.4, -0.2) is 11.1 Å². The summed E-state index contributed by atoms with van der Waals surface area (Å²) in [6.07, 6.45) is 0.569. The van der Waals surface area contributed by atoms with Gasteiger partial charge in [0.05, 0.1) is 6.42 Å². The van der Waals surface area contributed by atoms with Gasteiger partial charge in [-0.1, -0.05) is 30.3 Å². The molecule has 6 nitrogen and oxygen atoms in total. The number of aryl methyl sites for hydroxylation is 1. The Morgan fingerprint density at radius 3 is 2.62 bits per heavy atom. The van der Waals surface area contributed by atoms with Gasteiger partial charge < -0.3 is 18.7 Å². The van der Waals surface area contributed by atoms with Gasteiger partial charge in [0.15, 0.2) is 0 Å². The summed E-state index contributed by atoms with van der Waals surface area (Å²) in [6.45, 7) is -0.0564. The van der Waals surface area contributed by atoms with Crippen molar-refractivity contribution in [3.63, 3.8) is 0 Å². The number of esters is 1. The van der Waals surface area contributed by atoms with Crippen molar-refractivity contribution >= 4 is 16.9 Å². The fourth-order valence-corrected chi connectivity index (χ4v) is 3.06. The minimum Gasteiger partial charge on any atom is -0.508 e. The maximum atomic E-state index is 12.1. The van der Waals surface area contributed by atoms with E-state index >= 15 is 0 Å². The maximum absolute atomic E-state index is 12.1. The number of aromatic hydroxyl groups is 1. The molecule has 4 aromatic rings. The van der Waals surface area contributed by atoms with E-state index in [-0.39, 0.29) is 24.4 Å². The number of carbonyl (C=O) groups is 1. The van der Waals surface area contributed by atoms with Gasteiger partial charge in [0, 0.05) is 35.1 Å². The van der Waals surface area contributed by atoms with E-state index in [2.05, 4.69) is 0 Å². The lowest BCUT2D eigenvalue weighted by molar-refractivity contribution is -0.144. The van der Waals surface area contributed by atoms with Crippen LogP contribution in [0.15, 0.2) is 80.4 Å². The molecule has 0 aliphatic rings. The number of phenolic OH excluding ortho intramolecular Hbond substituents is 1. The molecule has 0 unspecified atom stereocenters. The minimum absolute atomic E-state index is 0.0110. The van der Waals surface area contributed by atoms with Crippen molar-refractivity contribution in [1.29, 1.82) is 0 Å². The number of furan rings is 1. The third kappa shape index (κ3) is 4.38. The van der Waals surface area contributed by atoms with Gasteiger partial charge in [-0.3, -0.25) is 4.79 Å². The van der Waals surface area contributed by atoms with Crippen molar-refractivity contribution in [2.75, 3.05) is 0 Å². The largest absolute Gasteiger partial charge is 0.508 e. The van der Waals surface area contributed by atoms with E-state index in [9.17, 15) is 14.7 Å². The first-order valence-corrected chi connectivity index (χ1v) is 9.14. The molecule has 0 spiro atoms. The summed E-state index contributed by atoms with van der Waals surface area (Å²) in [5, 5.41) is 10.1. The Morgan fingerprint density at radius 2 is 1.79 bits per heavy atom. The lowest BCUT2D eigenvalue weighted by Crippen LogP contribution is -2.08. The summed E-state index contributed by atoms with van der Waals surface area (Å²) < 4.78 is 16.2. The zero-order valence-corrected chi connectivity index (χ0v) is 15.5. The molecule has 0 bridgehead atoms. The molecule has 29 heavy (non-hydrogen) atoms. The van der Waals surface area contributed by atoms with Gasteiger partial charge in [-0.05, 0) is 24.3 Å². The topological polar surface area (TPSA) is 89.9 Å². The summed E-state index contributed by atoms with van der Waals surface area (Å²) in [7, 11) is 0. The average molecular weight is 390 g/mol. The van der Waals surface area contributed by atoms with Crippen LogP contribution < -0.4 is 5.63 Å². The highest BCUT2D eigenvalue weighted by Crippen LogP contribution is 2.24. The van der Waals surface area contributed by atoms with Crippen molar-refractivity contribution in [3.8, 4) is 17.1 Å². The monoisotopic (exact) mass is 390 g/mol. The predicted octanol–water partition coefficient (Wildman–Crippen LogP) is 4.43. The first-order chi connectivity index (χ1) is 14.1. The van der Waals surface area contributed by atoms with E-state index < -0.39 is 11.6 Å². The standard InChI is InChI=1S/C23H18O6/c24-17-6-9-19-16(12-23(26)29-21(19)13-17)14-27-22(25)11-8-18-7-10-20(28-18)15-4-2-1-3-5-15/h1-7,9-10,12-13,24H,8,11,14H2. The molecule has 4 rings (SSSR count). The van der Waals surface area contributed by atoms with Crippen LogP contribution in [0.1, 0.15) is 17.7 Å². The number of ether oxygens (including phenoxy) is 1. The Balaban J connectivity index is 1.37. The lowest BCUT2D eigenvalue weighted by atomic mass is 10.1. The molecule has 0 fully saturated rings. The normalized spacial score (nSPS) is 10.9. The highest BCUT2D eigenvalue weighted by molar-refractivity contribution is 5.81. The Hall–Kier alpha value is -3.80. The summed E-state index contributed by atoms with van der Waals surface area (Å²) in [5.41, 5.74) is 1.17. The number of rotatable bonds is 6. The van der Waals surface area contributed by atoms with Crippen LogP contribution in [-0.2, 0) is 22.6 Å².